The monoisotopic (exact) mass is 375 g/mol. The fraction of sp³-hybridized carbons (Fsp3) is 0.0769. The van der Waals surface area contributed by atoms with Crippen LogP contribution in [0.4, 0.5) is 5.69 Å². The van der Waals surface area contributed by atoms with Crippen molar-refractivity contribution in [2.75, 3.05) is 0 Å². The number of rotatable bonds is 2. The summed E-state index contributed by atoms with van der Waals surface area (Å²) in [6.45, 7) is 0. The van der Waals surface area contributed by atoms with E-state index in [1.54, 1.807) is 12.1 Å². The van der Waals surface area contributed by atoms with Gasteiger partial charge in [-0.25, -0.2) is 0 Å². The van der Waals surface area contributed by atoms with Gasteiger partial charge in [-0.1, -0.05) is 72.3 Å². The zero-order valence-corrected chi connectivity index (χ0v) is 15.7. The van der Waals surface area contributed by atoms with Gasteiger partial charge in [-0.15, -0.1) is 0 Å². The van der Waals surface area contributed by atoms with Crippen LogP contribution in [0.25, 0.3) is 11.1 Å². The van der Waals surface area contributed by atoms with Gasteiger partial charge < -0.3 is 0 Å². The molecule has 0 aromatic heterocycles. The van der Waals surface area contributed by atoms with Crippen molar-refractivity contribution < 1.29 is 4.92 Å². The average Bonchev–Trinajstić information content (AvgIpc) is 3.45. The topological polar surface area (TPSA) is 43.1 Å². The first-order valence-electron chi connectivity index (χ1n) is 9.33. The molecule has 2 aromatic carbocycles. The van der Waals surface area contributed by atoms with E-state index in [0.29, 0.717) is 11.1 Å². The zero-order chi connectivity index (χ0) is 20.1. The molecule has 0 bridgehead atoms. The van der Waals surface area contributed by atoms with E-state index < -0.39 is 0 Å². The Bertz CT molecular complexity index is 1220. The summed E-state index contributed by atoms with van der Waals surface area (Å²) >= 11 is 0. The maximum atomic E-state index is 11.6. The Hall–Kier alpha value is -4.08. The van der Waals surface area contributed by atoms with E-state index in [1.165, 1.54) is 0 Å². The van der Waals surface area contributed by atoms with Gasteiger partial charge in [0.05, 0.1) is 10.5 Å². The molecule has 2 aromatic rings. The smallest absolute Gasteiger partial charge is 0.258 e. The molecule has 0 atom stereocenters. The molecule has 3 nitrogen and oxygen atoms in total. The summed E-state index contributed by atoms with van der Waals surface area (Å²) in [6.07, 6.45) is 13.7. The molecule has 0 saturated heterocycles. The minimum Gasteiger partial charge on any atom is -0.258 e. The lowest BCUT2D eigenvalue weighted by atomic mass is 10.00. The molecule has 0 unspecified atom stereocenters. The van der Waals surface area contributed by atoms with E-state index in [-0.39, 0.29) is 10.6 Å². The van der Waals surface area contributed by atoms with Crippen LogP contribution in [0.15, 0.2) is 90.1 Å². The molecular weight excluding hydrogens is 358 g/mol. The molecule has 0 spiro atoms. The molecule has 138 valence electrons. The van der Waals surface area contributed by atoms with E-state index in [0.717, 1.165) is 35.1 Å². The second-order valence-electron chi connectivity index (χ2n) is 6.71. The molecule has 0 N–H and O–H groups in total. The third kappa shape index (κ3) is 4.43. The number of nitro groups is 1. The van der Waals surface area contributed by atoms with Crippen molar-refractivity contribution >= 4 is 5.69 Å². The van der Waals surface area contributed by atoms with Crippen LogP contribution in [0, 0.1) is 33.8 Å². The minimum absolute atomic E-state index is 0.0522. The Balaban J connectivity index is 1.59. The van der Waals surface area contributed by atoms with Crippen LogP contribution in [0.5, 0.6) is 0 Å². The third-order valence-corrected chi connectivity index (χ3v) is 4.67. The molecule has 0 heterocycles. The average molecular weight is 375 g/mol. The predicted octanol–water partition coefficient (Wildman–Crippen LogP) is 5.74. The van der Waals surface area contributed by atoms with Crippen LogP contribution in [0.1, 0.15) is 24.0 Å². The van der Waals surface area contributed by atoms with Crippen LogP contribution in [-0.4, -0.2) is 4.92 Å². The molecule has 29 heavy (non-hydrogen) atoms. The van der Waals surface area contributed by atoms with Crippen LogP contribution in [0.2, 0.25) is 0 Å². The summed E-state index contributed by atoms with van der Waals surface area (Å²) in [6, 6.07) is 12.6. The highest BCUT2D eigenvalue weighted by Crippen LogP contribution is 2.31. The van der Waals surface area contributed by atoms with Crippen molar-refractivity contribution in [1.29, 1.82) is 0 Å². The number of allylic oxidation sites excluding steroid dienone is 8. The number of nitrogens with zero attached hydrogens (tertiary/aromatic N) is 1. The molecule has 0 saturated carbocycles. The highest BCUT2D eigenvalue weighted by Gasteiger charge is 2.15. The maximum absolute atomic E-state index is 11.6. The number of hydrogen-bond donors (Lipinski definition) is 0. The summed E-state index contributed by atoms with van der Waals surface area (Å²) in [5.74, 6) is 12.4. The Labute approximate surface area is 169 Å². The molecule has 2 aliphatic rings. The minimum atomic E-state index is -0.357. The van der Waals surface area contributed by atoms with Gasteiger partial charge in [0.15, 0.2) is 0 Å². The van der Waals surface area contributed by atoms with Gasteiger partial charge in [-0.05, 0) is 42.7 Å². The normalized spacial score (nSPS) is 13.8. The maximum Gasteiger partial charge on any atom is 0.278 e. The SMILES string of the molecule is O=[N+]([O-])c1cc(C#CC2=CC=CC2)ccc1-c1ccc(C#CC2=CC=CC2)cc1. The summed E-state index contributed by atoms with van der Waals surface area (Å²) in [5.41, 5.74) is 5.02. The largest absolute Gasteiger partial charge is 0.278 e. The van der Waals surface area contributed by atoms with Crippen molar-refractivity contribution in [3.05, 3.63) is 111 Å². The molecule has 4 rings (SSSR count). The van der Waals surface area contributed by atoms with E-state index in [2.05, 4.69) is 29.8 Å². The molecule has 0 fully saturated rings. The van der Waals surface area contributed by atoms with E-state index >= 15 is 0 Å². The molecule has 0 radical (unpaired) electrons. The number of hydrogen-bond acceptors (Lipinski definition) is 2. The fourth-order valence-electron chi connectivity index (χ4n) is 3.12. The lowest BCUT2D eigenvalue weighted by Crippen LogP contribution is -1.93. The van der Waals surface area contributed by atoms with E-state index in [4.69, 9.17) is 0 Å². The second kappa shape index (κ2) is 8.30. The Morgan fingerprint density at radius 3 is 1.90 bits per heavy atom. The highest BCUT2D eigenvalue weighted by atomic mass is 16.6. The van der Waals surface area contributed by atoms with Crippen LogP contribution >= 0.6 is 0 Å². The Morgan fingerprint density at radius 2 is 1.34 bits per heavy atom. The quantitative estimate of drug-likeness (QED) is 0.382. The third-order valence-electron chi connectivity index (χ3n) is 4.67. The lowest BCUT2D eigenvalue weighted by Gasteiger charge is -2.04. The first-order chi connectivity index (χ1) is 14.2. The van der Waals surface area contributed by atoms with Crippen molar-refractivity contribution in [2.45, 2.75) is 12.8 Å². The van der Waals surface area contributed by atoms with Gasteiger partial charge in [-0.2, -0.15) is 0 Å². The van der Waals surface area contributed by atoms with E-state index in [9.17, 15) is 10.1 Å². The number of nitro benzene ring substituents is 1. The number of benzene rings is 2. The molecule has 2 aliphatic carbocycles. The zero-order valence-electron chi connectivity index (χ0n) is 15.7. The van der Waals surface area contributed by atoms with E-state index in [1.807, 2.05) is 60.7 Å². The van der Waals surface area contributed by atoms with Gasteiger partial charge in [-0.3, -0.25) is 10.1 Å². The van der Waals surface area contributed by atoms with Gasteiger partial charge in [0.2, 0.25) is 0 Å². The Kier molecular flexibility index (Phi) is 5.23. The van der Waals surface area contributed by atoms with Crippen molar-refractivity contribution in [2.24, 2.45) is 0 Å². The second-order valence-corrected chi connectivity index (χ2v) is 6.71. The van der Waals surface area contributed by atoms with Crippen molar-refractivity contribution in [3.63, 3.8) is 0 Å². The summed E-state index contributed by atoms with van der Waals surface area (Å²) in [5, 5.41) is 11.6. The molecule has 3 heteroatoms. The van der Waals surface area contributed by atoms with Gasteiger partial charge in [0.25, 0.3) is 5.69 Å². The first kappa shape index (κ1) is 18.3. The van der Waals surface area contributed by atoms with Crippen molar-refractivity contribution in [3.8, 4) is 34.8 Å². The first-order valence-corrected chi connectivity index (χ1v) is 9.33. The lowest BCUT2D eigenvalue weighted by molar-refractivity contribution is -0.384. The fourth-order valence-corrected chi connectivity index (χ4v) is 3.12. The summed E-state index contributed by atoms with van der Waals surface area (Å²) in [7, 11) is 0. The molecular formula is C26H17NO2. The highest BCUT2D eigenvalue weighted by molar-refractivity contribution is 5.75. The van der Waals surface area contributed by atoms with Gasteiger partial charge in [0, 0.05) is 28.3 Å². The van der Waals surface area contributed by atoms with Crippen molar-refractivity contribution in [1.82, 2.24) is 0 Å². The molecule has 0 aliphatic heterocycles. The van der Waals surface area contributed by atoms with Crippen LogP contribution in [0.3, 0.4) is 0 Å². The van der Waals surface area contributed by atoms with Crippen LogP contribution < -0.4 is 0 Å². The van der Waals surface area contributed by atoms with Gasteiger partial charge in [0.1, 0.15) is 0 Å². The summed E-state index contributed by atoms with van der Waals surface area (Å²) < 4.78 is 0. The standard InChI is InChI=1S/C26H17NO2/c28-27(29)26-19-23(12-11-21-7-3-4-8-21)15-18-25(26)24-16-13-22(14-17-24)10-9-20-5-1-2-6-20/h1-5,7,13-19H,6,8H2. The predicted molar refractivity (Wildman–Crippen MR) is 116 cm³/mol. The summed E-state index contributed by atoms with van der Waals surface area (Å²) in [4.78, 5) is 11.3. The van der Waals surface area contributed by atoms with Crippen LogP contribution in [-0.2, 0) is 0 Å². The van der Waals surface area contributed by atoms with Gasteiger partial charge >= 0.3 is 0 Å². The Morgan fingerprint density at radius 1 is 0.759 bits per heavy atom. The molecule has 0 amide bonds.